The first-order valence-electron chi connectivity index (χ1n) is 10.8. The summed E-state index contributed by atoms with van der Waals surface area (Å²) < 4.78 is 0. The van der Waals surface area contributed by atoms with Crippen LogP contribution in [0.3, 0.4) is 0 Å². The SMILES string of the molecule is Cc1cc(C)cc(CC2CC(C(N)=O)N([C@@H](C)C(=O)NCc3ccc(N)nc3C)C2)c1.Cl.Cl. The maximum Gasteiger partial charge on any atom is 0.237 e. The number of nitrogens with two attached hydrogens (primary N) is 2. The number of hydrogen-bond donors (Lipinski definition) is 3. The molecule has 3 atom stereocenters. The van der Waals surface area contributed by atoms with E-state index in [-0.39, 0.29) is 42.5 Å². The number of pyridine rings is 1. The number of nitrogen functional groups attached to an aromatic ring is 1. The average molecular weight is 496 g/mol. The molecule has 182 valence electrons. The molecule has 1 fully saturated rings. The quantitative estimate of drug-likeness (QED) is 0.546. The predicted molar refractivity (Wildman–Crippen MR) is 137 cm³/mol. The van der Waals surface area contributed by atoms with Gasteiger partial charge < -0.3 is 16.8 Å². The van der Waals surface area contributed by atoms with Gasteiger partial charge in [-0.3, -0.25) is 14.5 Å². The van der Waals surface area contributed by atoms with Gasteiger partial charge in [-0.05, 0) is 63.6 Å². The molecule has 1 aliphatic heterocycles. The summed E-state index contributed by atoms with van der Waals surface area (Å²) in [6.07, 6.45) is 1.54. The highest BCUT2D eigenvalue weighted by Gasteiger charge is 2.40. The van der Waals surface area contributed by atoms with Crippen molar-refractivity contribution in [1.82, 2.24) is 15.2 Å². The van der Waals surface area contributed by atoms with E-state index in [1.807, 2.05) is 24.8 Å². The van der Waals surface area contributed by atoms with Crippen LogP contribution in [-0.4, -0.2) is 40.3 Å². The third kappa shape index (κ3) is 7.32. The number of halogens is 2. The molecule has 2 unspecified atom stereocenters. The number of likely N-dealkylation sites (tertiary alicyclic amines) is 1. The van der Waals surface area contributed by atoms with E-state index >= 15 is 0 Å². The number of nitrogens with zero attached hydrogens (tertiary/aromatic N) is 2. The van der Waals surface area contributed by atoms with Gasteiger partial charge in [0.1, 0.15) is 5.82 Å². The van der Waals surface area contributed by atoms with Crippen LogP contribution in [0.1, 0.15) is 41.3 Å². The van der Waals surface area contributed by atoms with E-state index in [0.29, 0.717) is 25.3 Å². The first-order chi connectivity index (χ1) is 14.6. The van der Waals surface area contributed by atoms with Crippen molar-refractivity contribution in [3.05, 3.63) is 58.3 Å². The lowest BCUT2D eigenvalue weighted by molar-refractivity contribution is -0.129. The lowest BCUT2D eigenvalue weighted by Crippen LogP contribution is -2.51. The van der Waals surface area contributed by atoms with Crippen LogP contribution < -0.4 is 16.8 Å². The van der Waals surface area contributed by atoms with E-state index in [2.05, 4.69) is 42.3 Å². The van der Waals surface area contributed by atoms with E-state index in [0.717, 1.165) is 17.7 Å². The van der Waals surface area contributed by atoms with Gasteiger partial charge in [0.25, 0.3) is 0 Å². The molecular formula is C24H35Cl2N5O2. The maximum atomic E-state index is 12.9. The van der Waals surface area contributed by atoms with Gasteiger partial charge >= 0.3 is 0 Å². The van der Waals surface area contributed by atoms with E-state index in [9.17, 15) is 9.59 Å². The molecule has 0 radical (unpaired) electrons. The van der Waals surface area contributed by atoms with Gasteiger partial charge in [0.2, 0.25) is 11.8 Å². The third-order valence-electron chi connectivity index (χ3n) is 6.11. The summed E-state index contributed by atoms with van der Waals surface area (Å²) in [4.78, 5) is 31.2. The summed E-state index contributed by atoms with van der Waals surface area (Å²) >= 11 is 0. The van der Waals surface area contributed by atoms with E-state index in [4.69, 9.17) is 11.5 Å². The molecule has 0 saturated carbocycles. The molecule has 0 bridgehead atoms. The summed E-state index contributed by atoms with van der Waals surface area (Å²) in [7, 11) is 0. The van der Waals surface area contributed by atoms with Crippen LogP contribution in [0.2, 0.25) is 0 Å². The summed E-state index contributed by atoms with van der Waals surface area (Å²) in [6.45, 7) is 8.91. The Balaban J connectivity index is 0.00000272. The fourth-order valence-corrected chi connectivity index (χ4v) is 4.60. The number of hydrogen-bond acceptors (Lipinski definition) is 5. The number of carbonyl (C=O) groups is 2. The van der Waals surface area contributed by atoms with Gasteiger partial charge in [0, 0.05) is 18.8 Å². The Morgan fingerprint density at radius 2 is 1.79 bits per heavy atom. The Kier molecular flexibility index (Phi) is 10.6. The van der Waals surface area contributed by atoms with E-state index in [1.54, 1.807) is 6.07 Å². The summed E-state index contributed by atoms with van der Waals surface area (Å²) in [6, 6.07) is 9.23. The highest BCUT2D eigenvalue weighted by molar-refractivity contribution is 5.86. The van der Waals surface area contributed by atoms with Crippen molar-refractivity contribution >= 4 is 42.4 Å². The first-order valence-corrected chi connectivity index (χ1v) is 10.8. The van der Waals surface area contributed by atoms with Crippen molar-refractivity contribution in [2.24, 2.45) is 11.7 Å². The van der Waals surface area contributed by atoms with Crippen LogP contribution in [0.5, 0.6) is 0 Å². The fraction of sp³-hybridized carbons (Fsp3) is 0.458. The molecule has 1 aromatic heterocycles. The number of aromatic nitrogens is 1. The molecule has 3 rings (SSSR count). The number of nitrogens with one attached hydrogen (secondary N) is 1. The van der Waals surface area contributed by atoms with Crippen molar-refractivity contribution in [2.45, 2.75) is 59.2 Å². The molecule has 1 aromatic carbocycles. The van der Waals surface area contributed by atoms with E-state index in [1.165, 1.54) is 16.7 Å². The minimum atomic E-state index is -0.455. The van der Waals surface area contributed by atoms with Crippen LogP contribution in [0.25, 0.3) is 0 Å². The molecular weight excluding hydrogens is 461 g/mol. The van der Waals surface area contributed by atoms with Gasteiger partial charge in [-0.1, -0.05) is 35.4 Å². The number of amides is 2. The fourth-order valence-electron chi connectivity index (χ4n) is 4.60. The van der Waals surface area contributed by atoms with Crippen molar-refractivity contribution in [1.29, 1.82) is 0 Å². The smallest absolute Gasteiger partial charge is 0.237 e. The Bertz CT molecular complexity index is 965. The monoisotopic (exact) mass is 495 g/mol. The number of rotatable bonds is 7. The second-order valence-electron chi connectivity index (χ2n) is 8.79. The number of primary amides is 1. The highest BCUT2D eigenvalue weighted by atomic mass is 35.5. The Labute approximate surface area is 208 Å². The maximum absolute atomic E-state index is 12.9. The Hall–Kier alpha value is -2.35. The molecule has 2 heterocycles. The summed E-state index contributed by atoms with van der Waals surface area (Å²) in [5, 5.41) is 2.96. The number of benzene rings is 1. The minimum absolute atomic E-state index is 0. The van der Waals surface area contributed by atoms with Crippen LogP contribution in [0.4, 0.5) is 5.82 Å². The molecule has 1 saturated heterocycles. The average Bonchev–Trinajstić information content (AvgIpc) is 3.09. The lowest BCUT2D eigenvalue weighted by atomic mass is 9.94. The topological polar surface area (TPSA) is 114 Å². The Morgan fingerprint density at radius 3 is 2.36 bits per heavy atom. The van der Waals surface area contributed by atoms with Crippen molar-refractivity contribution in [3.8, 4) is 0 Å². The largest absolute Gasteiger partial charge is 0.384 e. The molecule has 2 amide bonds. The lowest BCUT2D eigenvalue weighted by Gasteiger charge is -2.28. The van der Waals surface area contributed by atoms with Gasteiger partial charge in [-0.2, -0.15) is 0 Å². The van der Waals surface area contributed by atoms with Gasteiger partial charge in [0.15, 0.2) is 0 Å². The summed E-state index contributed by atoms with van der Waals surface area (Å²) in [5.74, 6) is 0.227. The second-order valence-corrected chi connectivity index (χ2v) is 8.79. The predicted octanol–water partition coefficient (Wildman–Crippen LogP) is 2.86. The minimum Gasteiger partial charge on any atom is -0.384 e. The van der Waals surface area contributed by atoms with Crippen molar-refractivity contribution in [2.75, 3.05) is 12.3 Å². The number of aryl methyl sites for hydroxylation is 3. The molecule has 0 spiro atoms. The molecule has 7 nitrogen and oxygen atoms in total. The van der Waals surface area contributed by atoms with Crippen LogP contribution in [0, 0.1) is 26.7 Å². The molecule has 0 aliphatic carbocycles. The molecule has 9 heteroatoms. The normalized spacial score (nSPS) is 18.7. The second kappa shape index (κ2) is 12.2. The third-order valence-corrected chi connectivity index (χ3v) is 6.11. The van der Waals surface area contributed by atoms with Crippen molar-refractivity contribution < 1.29 is 9.59 Å². The number of anilines is 1. The zero-order valence-corrected chi connectivity index (χ0v) is 21.3. The van der Waals surface area contributed by atoms with Gasteiger partial charge in [0.05, 0.1) is 12.1 Å². The van der Waals surface area contributed by atoms with Crippen molar-refractivity contribution in [3.63, 3.8) is 0 Å². The van der Waals surface area contributed by atoms with Crippen LogP contribution in [0.15, 0.2) is 30.3 Å². The highest BCUT2D eigenvalue weighted by Crippen LogP contribution is 2.29. The molecule has 5 N–H and O–H groups in total. The standard InChI is InChI=1S/C24H33N5O2.2ClH/c1-14-7-15(2)9-18(8-14)10-19-11-21(23(26)30)29(13-19)17(4)24(31)27-12-20-5-6-22(25)28-16(20)3;;/h5-9,17,19,21H,10-13H2,1-4H3,(H2,25,28)(H2,26,30)(H,27,31);2*1H/t17-,19?,21?;;/m0../s1. The molecule has 33 heavy (non-hydrogen) atoms. The van der Waals surface area contributed by atoms with Crippen LogP contribution in [-0.2, 0) is 22.6 Å². The van der Waals surface area contributed by atoms with E-state index < -0.39 is 12.1 Å². The zero-order valence-electron chi connectivity index (χ0n) is 19.6. The summed E-state index contributed by atoms with van der Waals surface area (Å²) in [5.41, 5.74) is 16.8. The Morgan fingerprint density at radius 1 is 1.15 bits per heavy atom. The molecule has 1 aliphatic rings. The number of carbonyl (C=O) groups excluding carboxylic acids is 2. The van der Waals surface area contributed by atoms with Gasteiger partial charge in [-0.15, -0.1) is 24.8 Å². The molecule has 2 aromatic rings. The van der Waals surface area contributed by atoms with Crippen LogP contribution >= 0.6 is 24.8 Å². The zero-order chi connectivity index (χ0) is 22.7. The first kappa shape index (κ1) is 28.7. The van der Waals surface area contributed by atoms with Gasteiger partial charge in [-0.25, -0.2) is 4.98 Å².